The quantitative estimate of drug-likeness (QED) is 0.205. The summed E-state index contributed by atoms with van der Waals surface area (Å²) in [4.78, 5) is 3.36. The zero-order valence-corrected chi connectivity index (χ0v) is 25.5. The Labute approximate surface area is 256 Å². The highest BCUT2D eigenvalue weighted by Crippen LogP contribution is 2.41. The molecule has 1 aliphatic carbocycles. The van der Waals surface area contributed by atoms with Crippen LogP contribution >= 0.6 is 12.6 Å². The van der Waals surface area contributed by atoms with Gasteiger partial charge in [-0.2, -0.15) is 13.2 Å². The zero-order valence-electron chi connectivity index (χ0n) is 24.6. The number of fused-ring (bicyclic) bond motifs is 1. The van der Waals surface area contributed by atoms with E-state index in [4.69, 9.17) is 9.47 Å². The third-order valence-corrected chi connectivity index (χ3v) is 8.80. The van der Waals surface area contributed by atoms with Crippen molar-refractivity contribution in [2.24, 2.45) is 11.1 Å². The van der Waals surface area contributed by atoms with Crippen molar-refractivity contribution in [3.05, 3.63) is 48.2 Å². The number of anilines is 2. The Hall–Kier alpha value is -3.04. The standard InChI is InChI=1S/C31H35F3N4O2S.CH5N/c1-39-29-15-24(41)11-12-27(29)35-13-3-4-23-14-25-26(5-2-6-28(25)38(23)18-31(32,33)34)36-21-7-9-22(10-8-21)37-16-30(17-37)19-40-20-30;1-2/h2,5-6,11-12,14-15,21-22,35-36,41H,7-10,13,16-20H2,1H3;2H2,1H3. The number of alkyl halides is 3. The third-order valence-electron chi connectivity index (χ3n) is 8.52. The number of aromatic nitrogens is 1. The van der Waals surface area contributed by atoms with Crippen LogP contribution in [0, 0.1) is 17.3 Å². The minimum atomic E-state index is -4.37. The largest absolute Gasteiger partial charge is 0.495 e. The van der Waals surface area contributed by atoms with Crippen LogP contribution in [0.25, 0.3) is 10.9 Å². The summed E-state index contributed by atoms with van der Waals surface area (Å²) in [5.41, 5.74) is 7.39. The van der Waals surface area contributed by atoms with E-state index in [2.05, 4.69) is 45.7 Å². The van der Waals surface area contributed by atoms with E-state index in [1.54, 1.807) is 25.3 Å². The smallest absolute Gasteiger partial charge is 0.406 e. The number of hydrogen-bond acceptors (Lipinski definition) is 7. The molecule has 3 aliphatic rings. The summed E-state index contributed by atoms with van der Waals surface area (Å²) in [5.74, 6) is 6.58. The van der Waals surface area contributed by atoms with Gasteiger partial charge in [-0.25, -0.2) is 0 Å². The Morgan fingerprint density at radius 1 is 1.07 bits per heavy atom. The molecular weight excluding hydrogens is 575 g/mol. The first-order valence-corrected chi connectivity index (χ1v) is 15.1. The van der Waals surface area contributed by atoms with E-state index in [0.717, 1.165) is 73.6 Å². The van der Waals surface area contributed by atoms with Gasteiger partial charge in [-0.3, -0.25) is 4.90 Å². The number of nitrogens with one attached hydrogen (secondary N) is 2. The van der Waals surface area contributed by atoms with E-state index in [-0.39, 0.29) is 6.54 Å². The molecule has 0 bridgehead atoms. The first-order chi connectivity index (χ1) is 20.7. The second-order valence-electron chi connectivity index (χ2n) is 11.6. The molecule has 0 unspecified atom stereocenters. The van der Waals surface area contributed by atoms with Gasteiger partial charge in [0.1, 0.15) is 12.3 Å². The van der Waals surface area contributed by atoms with Crippen LogP contribution in [0.15, 0.2) is 47.4 Å². The molecule has 232 valence electrons. The molecule has 0 atom stereocenters. The van der Waals surface area contributed by atoms with Crippen LogP contribution in [0.4, 0.5) is 24.5 Å². The van der Waals surface area contributed by atoms with Crippen molar-refractivity contribution in [3.63, 3.8) is 0 Å². The van der Waals surface area contributed by atoms with Crippen LogP contribution < -0.4 is 21.1 Å². The van der Waals surface area contributed by atoms with E-state index >= 15 is 0 Å². The van der Waals surface area contributed by atoms with Crippen LogP contribution in [-0.2, 0) is 11.3 Å². The summed E-state index contributed by atoms with van der Waals surface area (Å²) in [5, 5.41) is 7.59. The Balaban J connectivity index is 0.00000180. The fourth-order valence-electron chi connectivity index (χ4n) is 6.42. The molecule has 3 heterocycles. The molecule has 2 aliphatic heterocycles. The minimum Gasteiger partial charge on any atom is -0.495 e. The predicted molar refractivity (Wildman–Crippen MR) is 168 cm³/mol. The predicted octanol–water partition coefficient (Wildman–Crippen LogP) is 5.59. The van der Waals surface area contributed by atoms with Crippen molar-refractivity contribution in [3.8, 4) is 17.6 Å². The Bertz CT molecular complexity index is 1460. The Morgan fingerprint density at radius 3 is 2.47 bits per heavy atom. The molecule has 2 aromatic carbocycles. The summed E-state index contributed by atoms with van der Waals surface area (Å²) in [6.45, 7) is 3.26. The number of rotatable bonds is 7. The average molecular weight is 616 g/mol. The Morgan fingerprint density at radius 2 is 1.81 bits per heavy atom. The topological polar surface area (TPSA) is 76.7 Å². The molecule has 0 radical (unpaired) electrons. The normalized spacial score (nSPS) is 21.1. The van der Waals surface area contributed by atoms with Crippen molar-refractivity contribution in [2.75, 3.05) is 57.6 Å². The van der Waals surface area contributed by atoms with Gasteiger partial charge in [-0.15, -0.1) is 12.6 Å². The monoisotopic (exact) mass is 615 g/mol. The van der Waals surface area contributed by atoms with Crippen molar-refractivity contribution in [2.45, 2.75) is 55.4 Å². The highest BCUT2D eigenvalue weighted by molar-refractivity contribution is 7.80. The second kappa shape index (κ2) is 13.3. The van der Waals surface area contributed by atoms with Crippen LogP contribution in [0.2, 0.25) is 0 Å². The molecule has 11 heteroatoms. The van der Waals surface area contributed by atoms with Crippen LogP contribution in [-0.4, -0.2) is 74.7 Å². The number of nitrogens with two attached hydrogens (primary N) is 1. The molecule has 2 saturated heterocycles. The second-order valence-corrected chi connectivity index (χ2v) is 12.1. The Kier molecular flexibility index (Phi) is 9.71. The minimum absolute atomic E-state index is 0.245. The molecule has 4 N–H and O–H groups in total. The molecule has 43 heavy (non-hydrogen) atoms. The van der Waals surface area contributed by atoms with Gasteiger partial charge in [-0.05, 0) is 75.0 Å². The number of methoxy groups -OCH3 is 1. The summed E-state index contributed by atoms with van der Waals surface area (Å²) in [7, 11) is 3.07. The average Bonchev–Trinajstić information content (AvgIpc) is 3.28. The van der Waals surface area contributed by atoms with Gasteiger partial charge in [-0.1, -0.05) is 12.0 Å². The number of benzene rings is 2. The van der Waals surface area contributed by atoms with Crippen LogP contribution in [0.5, 0.6) is 5.75 Å². The molecule has 1 aromatic heterocycles. The van der Waals surface area contributed by atoms with Gasteiger partial charge in [0.2, 0.25) is 0 Å². The number of nitrogens with zero attached hydrogens (tertiary/aromatic N) is 2. The third kappa shape index (κ3) is 7.20. The molecule has 3 fully saturated rings. The highest BCUT2D eigenvalue weighted by Gasteiger charge is 2.50. The van der Waals surface area contributed by atoms with E-state index in [9.17, 15) is 13.2 Å². The van der Waals surface area contributed by atoms with Gasteiger partial charge in [0, 0.05) is 46.6 Å². The van der Waals surface area contributed by atoms with Gasteiger partial charge in [0.05, 0.1) is 43.8 Å². The number of thiol groups is 1. The van der Waals surface area contributed by atoms with Gasteiger partial charge in [0.15, 0.2) is 0 Å². The summed E-state index contributed by atoms with van der Waals surface area (Å²) >= 11 is 4.32. The fraction of sp³-hybridized carbons (Fsp3) is 0.500. The van der Waals surface area contributed by atoms with E-state index in [1.807, 2.05) is 24.3 Å². The maximum Gasteiger partial charge on any atom is 0.406 e. The zero-order chi connectivity index (χ0) is 30.6. The van der Waals surface area contributed by atoms with E-state index in [1.165, 1.54) is 11.6 Å². The van der Waals surface area contributed by atoms with Crippen molar-refractivity contribution in [1.82, 2.24) is 9.47 Å². The van der Waals surface area contributed by atoms with Gasteiger partial charge in [0.25, 0.3) is 0 Å². The van der Waals surface area contributed by atoms with Crippen molar-refractivity contribution < 1.29 is 22.6 Å². The van der Waals surface area contributed by atoms with Gasteiger partial charge < -0.3 is 30.4 Å². The molecule has 7 nitrogen and oxygen atoms in total. The number of halogens is 3. The van der Waals surface area contributed by atoms with E-state index < -0.39 is 12.7 Å². The lowest BCUT2D eigenvalue weighted by atomic mass is 9.75. The first kappa shape index (κ1) is 31.4. The number of ether oxygens (including phenoxy) is 2. The lowest BCUT2D eigenvalue weighted by Gasteiger charge is -2.58. The SMILES string of the molecule is CN.COc1cc(S)ccc1NCC#Cc1cc2c(NC3CCC(N4CC5(COC5)C4)CC3)cccc2n1CC(F)(F)F. The van der Waals surface area contributed by atoms with Crippen molar-refractivity contribution >= 4 is 34.9 Å². The summed E-state index contributed by atoms with van der Waals surface area (Å²) in [6, 6.07) is 13.6. The highest BCUT2D eigenvalue weighted by atomic mass is 32.1. The molecule has 3 aromatic rings. The lowest BCUT2D eigenvalue weighted by Crippen LogP contribution is -2.68. The number of hydrogen-bond donors (Lipinski definition) is 4. The molecule has 6 rings (SSSR count). The molecule has 0 amide bonds. The summed E-state index contributed by atoms with van der Waals surface area (Å²) < 4.78 is 52.9. The summed E-state index contributed by atoms with van der Waals surface area (Å²) in [6.07, 6.45) is -0.0259. The maximum absolute atomic E-state index is 13.6. The van der Waals surface area contributed by atoms with Crippen LogP contribution in [0.3, 0.4) is 0 Å². The molecule has 1 saturated carbocycles. The van der Waals surface area contributed by atoms with Gasteiger partial charge >= 0.3 is 6.18 Å². The maximum atomic E-state index is 13.6. The lowest BCUT2D eigenvalue weighted by molar-refractivity contribution is -0.200. The first-order valence-electron chi connectivity index (χ1n) is 14.7. The van der Waals surface area contributed by atoms with Crippen molar-refractivity contribution in [1.29, 1.82) is 0 Å². The molecular formula is C32H40F3N5O2S. The molecule has 1 spiro atoms. The van der Waals surface area contributed by atoms with E-state index in [0.29, 0.717) is 34.5 Å². The fourth-order valence-corrected chi connectivity index (χ4v) is 6.61. The number of likely N-dealkylation sites (tertiary alicyclic amines) is 1. The van der Waals surface area contributed by atoms with Crippen LogP contribution in [0.1, 0.15) is 31.4 Å².